The van der Waals surface area contributed by atoms with Crippen molar-refractivity contribution in [2.24, 2.45) is 29.6 Å². The van der Waals surface area contributed by atoms with E-state index < -0.39 is 0 Å². The van der Waals surface area contributed by atoms with Gasteiger partial charge in [-0.2, -0.15) is 0 Å². The Balaban J connectivity index is 1.34. The molecule has 1 aromatic carbocycles. The molecule has 3 fully saturated rings. The Morgan fingerprint density at radius 3 is 2.83 bits per heavy atom. The number of cyclic esters (lactones) is 1. The number of aromatic nitrogens is 1. The molecule has 7 heteroatoms. The highest BCUT2D eigenvalue weighted by Crippen LogP contribution is 2.53. The Morgan fingerprint density at radius 2 is 2.08 bits per heavy atom. The lowest BCUT2D eigenvalue weighted by atomic mass is 9.57. The van der Waals surface area contributed by atoms with Gasteiger partial charge < -0.3 is 14.8 Å². The fraction of sp³-hybridized carbons (Fsp3) is 0.483. The fourth-order valence-electron chi connectivity index (χ4n) is 6.64. The summed E-state index contributed by atoms with van der Waals surface area (Å²) in [5.74, 6) is 0.629. The van der Waals surface area contributed by atoms with E-state index in [2.05, 4.69) is 16.4 Å². The molecule has 0 bridgehead atoms. The molecule has 0 spiro atoms. The number of rotatable bonds is 5. The van der Waals surface area contributed by atoms with Gasteiger partial charge in [-0.3, -0.25) is 9.78 Å². The lowest BCUT2D eigenvalue weighted by Crippen LogP contribution is -2.48. The van der Waals surface area contributed by atoms with Crippen molar-refractivity contribution in [3.63, 3.8) is 0 Å². The number of nitrogens with zero attached hydrogens (tertiary/aromatic N) is 1. The molecule has 0 radical (unpaired) electrons. The van der Waals surface area contributed by atoms with E-state index in [-0.39, 0.29) is 47.8 Å². The van der Waals surface area contributed by atoms with Crippen molar-refractivity contribution < 1.29 is 23.5 Å². The first-order valence-corrected chi connectivity index (χ1v) is 13.0. The minimum Gasteiger partial charge on any atom is -0.462 e. The fourth-order valence-corrected chi connectivity index (χ4v) is 6.64. The molecule has 3 aliphatic rings. The van der Waals surface area contributed by atoms with Gasteiger partial charge >= 0.3 is 12.1 Å². The third-order valence-electron chi connectivity index (χ3n) is 8.18. The van der Waals surface area contributed by atoms with Crippen LogP contribution in [-0.4, -0.2) is 35.8 Å². The van der Waals surface area contributed by atoms with Gasteiger partial charge in [0.05, 0.1) is 18.2 Å². The number of pyridine rings is 1. The van der Waals surface area contributed by atoms with Gasteiger partial charge in [-0.15, -0.1) is 0 Å². The summed E-state index contributed by atoms with van der Waals surface area (Å²) in [6, 6.07) is 10.4. The van der Waals surface area contributed by atoms with E-state index >= 15 is 0 Å². The minimum absolute atomic E-state index is 0.0679. The highest BCUT2D eigenvalue weighted by molar-refractivity contribution is 5.75. The van der Waals surface area contributed by atoms with Crippen LogP contribution in [0.5, 0.6) is 0 Å². The number of hydrogen-bond donors (Lipinski definition) is 1. The molecular weight excluding hydrogens is 459 g/mol. The van der Waals surface area contributed by atoms with E-state index in [9.17, 15) is 14.0 Å². The van der Waals surface area contributed by atoms with Crippen LogP contribution in [0, 0.1) is 35.4 Å². The summed E-state index contributed by atoms with van der Waals surface area (Å²) in [4.78, 5) is 29.2. The van der Waals surface area contributed by atoms with Gasteiger partial charge in [-0.05, 0) is 87.1 Å². The average molecular weight is 493 g/mol. The molecule has 6 nitrogen and oxygen atoms in total. The van der Waals surface area contributed by atoms with Crippen molar-refractivity contribution in [2.75, 3.05) is 6.61 Å². The van der Waals surface area contributed by atoms with E-state index in [4.69, 9.17) is 9.47 Å². The quantitative estimate of drug-likeness (QED) is 0.548. The van der Waals surface area contributed by atoms with Gasteiger partial charge in [0.25, 0.3) is 0 Å². The molecular formula is C29H33FN2O4. The zero-order valence-electron chi connectivity index (χ0n) is 20.7. The van der Waals surface area contributed by atoms with E-state index in [0.717, 1.165) is 42.5 Å². The van der Waals surface area contributed by atoms with E-state index in [1.165, 1.54) is 12.1 Å². The molecule has 7 atom stereocenters. The summed E-state index contributed by atoms with van der Waals surface area (Å²) in [6.45, 7) is 4.15. The summed E-state index contributed by atoms with van der Waals surface area (Å²) in [5, 5.41) is 3.00. The number of carbonyl (C=O) groups is 2. The summed E-state index contributed by atoms with van der Waals surface area (Å²) >= 11 is 0. The summed E-state index contributed by atoms with van der Waals surface area (Å²) in [7, 11) is 0. The molecule has 190 valence electrons. The van der Waals surface area contributed by atoms with E-state index in [0.29, 0.717) is 18.4 Å². The van der Waals surface area contributed by atoms with Crippen molar-refractivity contribution in [1.82, 2.24) is 10.3 Å². The van der Waals surface area contributed by atoms with Crippen LogP contribution in [-0.2, 0) is 14.3 Å². The van der Waals surface area contributed by atoms with E-state index in [1.54, 1.807) is 19.2 Å². The zero-order chi connectivity index (χ0) is 25.2. The van der Waals surface area contributed by atoms with Gasteiger partial charge in [-0.25, -0.2) is 9.18 Å². The van der Waals surface area contributed by atoms with Gasteiger partial charge in [-0.1, -0.05) is 24.3 Å². The number of hydrogen-bond acceptors (Lipinski definition) is 5. The second-order valence-electron chi connectivity index (χ2n) is 10.3. The molecule has 5 rings (SSSR count). The standard InChI is InChI=1S/C29H33FN2O4/c1-3-35-29(34)32-23-10-11-24-20(14-23)15-26-27(17(2)36-28(26)33)25(24)12-9-22-8-7-19(16-31-22)18-5-4-6-21(30)13-18/h4-9,12-13,16-17,20,23-27H,3,10-11,14-15H2,1-2H3,(H,32,34)/b12-9+/t17-,20+,23-,24+,25+,26-,27-/m1/s1. The molecule has 2 saturated carbocycles. The molecule has 2 aromatic rings. The Bertz CT molecular complexity index is 1130. The Labute approximate surface area is 211 Å². The number of halogens is 1. The minimum atomic E-state index is -0.368. The first kappa shape index (κ1) is 24.5. The van der Waals surface area contributed by atoms with Gasteiger partial charge in [0, 0.05) is 23.7 Å². The van der Waals surface area contributed by atoms with Crippen molar-refractivity contribution in [2.45, 2.75) is 51.7 Å². The lowest BCUT2D eigenvalue weighted by Gasteiger charge is -2.47. The second kappa shape index (κ2) is 10.4. The first-order chi connectivity index (χ1) is 17.4. The smallest absolute Gasteiger partial charge is 0.407 e. The van der Waals surface area contributed by atoms with Crippen molar-refractivity contribution in [3.8, 4) is 11.1 Å². The summed E-state index contributed by atoms with van der Waals surface area (Å²) in [6.07, 6.45) is 9.07. The van der Waals surface area contributed by atoms with Crippen LogP contribution >= 0.6 is 0 Å². The summed E-state index contributed by atoms with van der Waals surface area (Å²) < 4.78 is 24.3. The first-order valence-electron chi connectivity index (χ1n) is 13.0. The number of amides is 1. The van der Waals surface area contributed by atoms with Crippen molar-refractivity contribution >= 4 is 18.1 Å². The number of carbonyl (C=O) groups excluding carboxylic acids is 2. The van der Waals surface area contributed by atoms with Crippen LogP contribution in [0.1, 0.15) is 45.2 Å². The number of allylic oxidation sites excluding steroid dienone is 1. The number of fused-ring (bicyclic) bond motifs is 2. The van der Waals surface area contributed by atoms with Gasteiger partial charge in [0.2, 0.25) is 0 Å². The molecule has 1 aliphatic heterocycles. The molecule has 1 aromatic heterocycles. The van der Waals surface area contributed by atoms with Crippen LogP contribution in [0.25, 0.3) is 17.2 Å². The second-order valence-corrected chi connectivity index (χ2v) is 10.3. The normalized spacial score (nSPS) is 31.4. The number of ether oxygens (including phenoxy) is 2. The number of benzene rings is 1. The van der Waals surface area contributed by atoms with Crippen LogP contribution < -0.4 is 5.32 Å². The Kier molecular flexibility index (Phi) is 7.08. The predicted molar refractivity (Wildman–Crippen MR) is 134 cm³/mol. The number of esters is 1. The molecule has 1 N–H and O–H groups in total. The highest BCUT2D eigenvalue weighted by Gasteiger charge is 2.54. The van der Waals surface area contributed by atoms with Crippen LogP contribution in [0.2, 0.25) is 0 Å². The van der Waals surface area contributed by atoms with Crippen molar-refractivity contribution in [3.05, 3.63) is 60.2 Å². The third kappa shape index (κ3) is 5.01. The zero-order valence-corrected chi connectivity index (χ0v) is 20.7. The molecule has 2 heterocycles. The highest BCUT2D eigenvalue weighted by atomic mass is 19.1. The SMILES string of the molecule is CCOC(=O)N[C@@H]1CC[C@H]2[C@@H](C1)C[C@H]1C(=O)O[C@H](C)[C@@H]1[C@H]2/C=C/c1ccc(-c2cccc(F)c2)cn1. The molecule has 2 aliphatic carbocycles. The largest absolute Gasteiger partial charge is 0.462 e. The van der Waals surface area contributed by atoms with Gasteiger partial charge in [0.15, 0.2) is 0 Å². The van der Waals surface area contributed by atoms with Crippen LogP contribution in [0.4, 0.5) is 9.18 Å². The predicted octanol–water partition coefficient (Wildman–Crippen LogP) is 5.63. The van der Waals surface area contributed by atoms with Crippen molar-refractivity contribution in [1.29, 1.82) is 0 Å². The maximum atomic E-state index is 13.6. The molecule has 1 amide bonds. The Hall–Kier alpha value is -3.22. The van der Waals surface area contributed by atoms with E-state index in [1.807, 2.05) is 31.2 Å². The maximum absolute atomic E-state index is 13.6. The Morgan fingerprint density at radius 1 is 1.22 bits per heavy atom. The number of alkyl carbamates (subject to hydrolysis) is 1. The monoisotopic (exact) mass is 492 g/mol. The average Bonchev–Trinajstić information content (AvgIpc) is 3.15. The third-order valence-corrected chi connectivity index (χ3v) is 8.18. The molecule has 0 unspecified atom stereocenters. The lowest BCUT2D eigenvalue weighted by molar-refractivity contribution is -0.144. The van der Waals surface area contributed by atoms with Crippen LogP contribution in [0.15, 0.2) is 48.7 Å². The number of nitrogens with one attached hydrogen (secondary N) is 1. The topological polar surface area (TPSA) is 77.5 Å². The van der Waals surface area contributed by atoms with Crippen LogP contribution in [0.3, 0.4) is 0 Å². The van der Waals surface area contributed by atoms with Gasteiger partial charge in [0.1, 0.15) is 11.9 Å². The maximum Gasteiger partial charge on any atom is 0.407 e. The molecule has 36 heavy (non-hydrogen) atoms. The summed E-state index contributed by atoms with van der Waals surface area (Å²) in [5.41, 5.74) is 2.48. The molecule has 1 saturated heterocycles.